The van der Waals surface area contributed by atoms with Crippen LogP contribution < -0.4 is 20.4 Å². The van der Waals surface area contributed by atoms with Crippen LogP contribution in [0.3, 0.4) is 0 Å². The Balaban J connectivity index is 1.93. The first-order chi connectivity index (χ1) is 13.3. The number of hydrogen-bond acceptors (Lipinski definition) is 6. The summed E-state index contributed by atoms with van der Waals surface area (Å²) in [5.74, 6) is 0.653. The molecule has 28 heavy (non-hydrogen) atoms. The maximum Gasteiger partial charge on any atom is 0.340 e. The summed E-state index contributed by atoms with van der Waals surface area (Å²) in [7, 11) is 3.02. The first kappa shape index (κ1) is 19.3. The third-order valence-corrected chi connectivity index (χ3v) is 4.47. The standard InChI is InChI=1S/C21H21NO6/c1-11-5-17(23)20-12(2)16(21(25)28-18(20)6-11)10-19(24)22-13-7-14(26-3)9-15(8-13)27-4/h5-9,23H,10H2,1-4H3,(H,22,24). The van der Waals surface area contributed by atoms with Crippen molar-refractivity contribution >= 4 is 22.6 Å². The van der Waals surface area contributed by atoms with Crippen molar-refractivity contribution in [3.05, 3.63) is 57.4 Å². The molecule has 3 rings (SSSR count). The molecule has 0 spiro atoms. The lowest BCUT2D eigenvalue weighted by Gasteiger charge is -2.12. The number of nitrogens with one attached hydrogen (secondary N) is 1. The fraction of sp³-hybridized carbons (Fsp3) is 0.238. The average molecular weight is 383 g/mol. The van der Waals surface area contributed by atoms with Gasteiger partial charge in [0.25, 0.3) is 0 Å². The highest BCUT2D eigenvalue weighted by Crippen LogP contribution is 2.30. The predicted molar refractivity (Wildman–Crippen MR) is 106 cm³/mol. The Kier molecular flexibility index (Phi) is 5.26. The van der Waals surface area contributed by atoms with Crippen molar-refractivity contribution in [2.45, 2.75) is 20.3 Å². The number of phenolic OH excluding ortho intramolecular Hbond substituents is 1. The number of fused-ring (bicyclic) bond motifs is 1. The summed E-state index contributed by atoms with van der Waals surface area (Å²) in [6.45, 7) is 3.48. The van der Waals surface area contributed by atoms with Gasteiger partial charge in [0.2, 0.25) is 5.91 Å². The lowest BCUT2D eigenvalue weighted by atomic mass is 10.0. The molecule has 0 aliphatic carbocycles. The molecule has 0 unspecified atom stereocenters. The van der Waals surface area contributed by atoms with Gasteiger partial charge in [0.1, 0.15) is 22.8 Å². The van der Waals surface area contributed by atoms with Gasteiger partial charge in [-0.05, 0) is 37.1 Å². The number of carbonyl (C=O) groups is 1. The number of amides is 1. The predicted octanol–water partition coefficient (Wildman–Crippen LogP) is 3.31. The molecule has 3 aromatic rings. The van der Waals surface area contributed by atoms with E-state index in [-0.39, 0.29) is 17.7 Å². The van der Waals surface area contributed by atoms with Crippen LogP contribution in [0.5, 0.6) is 17.2 Å². The van der Waals surface area contributed by atoms with Gasteiger partial charge in [-0.1, -0.05) is 0 Å². The number of anilines is 1. The van der Waals surface area contributed by atoms with Crippen molar-refractivity contribution in [1.29, 1.82) is 0 Å². The van der Waals surface area contributed by atoms with Crippen LogP contribution in [0, 0.1) is 13.8 Å². The molecule has 0 saturated heterocycles. The molecule has 0 saturated carbocycles. The molecule has 1 amide bonds. The third-order valence-electron chi connectivity index (χ3n) is 4.47. The van der Waals surface area contributed by atoms with E-state index >= 15 is 0 Å². The second-order valence-electron chi connectivity index (χ2n) is 6.48. The fourth-order valence-corrected chi connectivity index (χ4v) is 3.11. The number of ether oxygens (including phenoxy) is 2. The molecule has 0 atom stereocenters. The highest BCUT2D eigenvalue weighted by atomic mass is 16.5. The van der Waals surface area contributed by atoms with Gasteiger partial charge in [-0.2, -0.15) is 0 Å². The Bertz CT molecular complexity index is 1090. The molecule has 0 aliphatic heterocycles. The van der Waals surface area contributed by atoms with Gasteiger partial charge in [0.05, 0.1) is 31.6 Å². The largest absolute Gasteiger partial charge is 0.507 e. The van der Waals surface area contributed by atoms with Crippen LogP contribution >= 0.6 is 0 Å². The van der Waals surface area contributed by atoms with Gasteiger partial charge in [-0.15, -0.1) is 0 Å². The van der Waals surface area contributed by atoms with E-state index in [1.807, 2.05) is 0 Å². The second-order valence-corrected chi connectivity index (χ2v) is 6.48. The van der Waals surface area contributed by atoms with Gasteiger partial charge in [0, 0.05) is 23.9 Å². The van der Waals surface area contributed by atoms with E-state index in [0.29, 0.717) is 33.7 Å². The Hall–Kier alpha value is -3.48. The Labute approximate surface area is 161 Å². The third kappa shape index (κ3) is 3.78. The molecule has 0 fully saturated rings. The monoisotopic (exact) mass is 383 g/mol. The molecule has 2 aromatic carbocycles. The summed E-state index contributed by atoms with van der Waals surface area (Å²) in [4.78, 5) is 24.9. The summed E-state index contributed by atoms with van der Waals surface area (Å²) in [5.41, 5.74) is 1.64. The van der Waals surface area contributed by atoms with Crippen LogP contribution in [0.1, 0.15) is 16.7 Å². The molecule has 7 heteroatoms. The average Bonchev–Trinajstić information content (AvgIpc) is 2.63. The zero-order chi connectivity index (χ0) is 20.4. The number of phenols is 1. The van der Waals surface area contributed by atoms with E-state index < -0.39 is 11.5 Å². The highest BCUT2D eigenvalue weighted by Gasteiger charge is 2.18. The molecule has 7 nitrogen and oxygen atoms in total. The SMILES string of the molecule is COc1cc(NC(=O)Cc2c(C)c3c(O)cc(C)cc3oc2=O)cc(OC)c1. The number of benzene rings is 2. The highest BCUT2D eigenvalue weighted by molar-refractivity contribution is 5.94. The molecule has 1 heterocycles. The lowest BCUT2D eigenvalue weighted by Crippen LogP contribution is -2.20. The van der Waals surface area contributed by atoms with E-state index in [0.717, 1.165) is 5.56 Å². The maximum atomic E-state index is 12.5. The van der Waals surface area contributed by atoms with Crippen LogP contribution in [0.15, 0.2) is 39.5 Å². The van der Waals surface area contributed by atoms with E-state index in [1.165, 1.54) is 14.2 Å². The van der Waals surface area contributed by atoms with Crippen LogP contribution in [-0.4, -0.2) is 25.2 Å². The van der Waals surface area contributed by atoms with Crippen molar-refractivity contribution in [2.75, 3.05) is 19.5 Å². The topological polar surface area (TPSA) is 98.0 Å². The molecule has 0 bridgehead atoms. The van der Waals surface area contributed by atoms with Crippen molar-refractivity contribution in [1.82, 2.24) is 0 Å². The smallest absolute Gasteiger partial charge is 0.340 e. The van der Waals surface area contributed by atoms with Crippen molar-refractivity contribution < 1.29 is 23.8 Å². The minimum absolute atomic E-state index is 0.00967. The van der Waals surface area contributed by atoms with E-state index in [2.05, 4.69) is 5.32 Å². The van der Waals surface area contributed by atoms with Crippen LogP contribution in [0.2, 0.25) is 0 Å². The zero-order valence-corrected chi connectivity index (χ0v) is 16.1. The Morgan fingerprint density at radius 2 is 1.71 bits per heavy atom. The number of aromatic hydroxyl groups is 1. The van der Waals surface area contributed by atoms with Gasteiger partial charge >= 0.3 is 5.63 Å². The minimum atomic E-state index is -0.603. The summed E-state index contributed by atoms with van der Waals surface area (Å²) in [5, 5.41) is 13.4. The van der Waals surface area contributed by atoms with Crippen molar-refractivity contribution in [3.63, 3.8) is 0 Å². The molecule has 0 aliphatic rings. The van der Waals surface area contributed by atoms with Crippen LogP contribution in [0.4, 0.5) is 5.69 Å². The molecular weight excluding hydrogens is 362 g/mol. The lowest BCUT2D eigenvalue weighted by molar-refractivity contribution is -0.115. The number of methoxy groups -OCH3 is 2. The molecule has 1 aromatic heterocycles. The summed E-state index contributed by atoms with van der Waals surface area (Å²) in [6, 6.07) is 8.23. The normalized spacial score (nSPS) is 10.7. The van der Waals surface area contributed by atoms with Crippen molar-refractivity contribution in [3.8, 4) is 17.2 Å². The number of aryl methyl sites for hydroxylation is 2. The summed E-state index contributed by atoms with van der Waals surface area (Å²) in [6.07, 6.45) is -0.197. The Morgan fingerprint density at radius 1 is 1.07 bits per heavy atom. The van der Waals surface area contributed by atoms with Crippen LogP contribution in [0.25, 0.3) is 11.0 Å². The van der Waals surface area contributed by atoms with Gasteiger partial charge in [0.15, 0.2) is 0 Å². The maximum absolute atomic E-state index is 12.5. The van der Waals surface area contributed by atoms with E-state index in [9.17, 15) is 14.7 Å². The first-order valence-corrected chi connectivity index (χ1v) is 8.61. The van der Waals surface area contributed by atoms with Crippen molar-refractivity contribution in [2.24, 2.45) is 0 Å². The molecule has 0 radical (unpaired) electrons. The second kappa shape index (κ2) is 7.64. The molecule has 146 valence electrons. The number of hydrogen-bond donors (Lipinski definition) is 2. The first-order valence-electron chi connectivity index (χ1n) is 8.61. The minimum Gasteiger partial charge on any atom is -0.507 e. The fourth-order valence-electron chi connectivity index (χ4n) is 3.11. The zero-order valence-electron chi connectivity index (χ0n) is 16.1. The summed E-state index contributed by atoms with van der Waals surface area (Å²) >= 11 is 0. The van der Waals surface area contributed by atoms with Gasteiger partial charge in [-0.25, -0.2) is 4.79 Å². The summed E-state index contributed by atoms with van der Waals surface area (Å²) < 4.78 is 15.7. The molecule has 2 N–H and O–H groups in total. The Morgan fingerprint density at radius 3 is 2.32 bits per heavy atom. The van der Waals surface area contributed by atoms with E-state index in [4.69, 9.17) is 13.9 Å². The van der Waals surface area contributed by atoms with E-state index in [1.54, 1.807) is 44.2 Å². The molecular formula is C21H21NO6. The number of rotatable bonds is 5. The van der Waals surface area contributed by atoms with Gasteiger partial charge < -0.3 is 24.3 Å². The van der Waals surface area contributed by atoms with Gasteiger partial charge in [-0.3, -0.25) is 4.79 Å². The van der Waals surface area contributed by atoms with Crippen LogP contribution in [-0.2, 0) is 11.2 Å². The quantitative estimate of drug-likeness (QED) is 0.656. The number of carbonyl (C=O) groups excluding carboxylic acids is 1.